The quantitative estimate of drug-likeness (QED) is 0.531. The maximum Gasteiger partial charge on any atom is 0.0543 e. The molecule has 0 bridgehead atoms. The van der Waals surface area contributed by atoms with E-state index in [4.69, 9.17) is 0 Å². The van der Waals surface area contributed by atoms with Gasteiger partial charge in [0.2, 0.25) is 0 Å². The van der Waals surface area contributed by atoms with Gasteiger partial charge in [-0.15, -0.1) is 0 Å². The SMILES string of the molecule is C[C@H](CCC(C)(C)C)[C@H]1CC[C@H]2[C@@H]3CCC4C[C@H](O)CC[C@]4(C)[C@H]3CC[C@]12C. The fourth-order valence-corrected chi connectivity index (χ4v) is 9.07. The van der Waals surface area contributed by atoms with Crippen molar-refractivity contribution in [2.45, 2.75) is 118 Å². The Morgan fingerprint density at radius 2 is 1.57 bits per heavy atom. The molecule has 9 atom stereocenters. The number of aliphatic hydroxyl groups is 1. The Morgan fingerprint density at radius 3 is 2.29 bits per heavy atom. The first kappa shape index (κ1) is 21.2. The maximum atomic E-state index is 10.3. The first-order valence-electron chi connectivity index (χ1n) is 12.7. The molecule has 0 aliphatic heterocycles. The average molecular weight is 389 g/mol. The topological polar surface area (TPSA) is 20.2 Å². The van der Waals surface area contributed by atoms with Crippen molar-refractivity contribution in [3.8, 4) is 0 Å². The second-order valence-electron chi connectivity index (χ2n) is 13.4. The van der Waals surface area contributed by atoms with E-state index in [2.05, 4.69) is 41.5 Å². The molecule has 1 unspecified atom stereocenters. The number of hydrogen-bond donors (Lipinski definition) is 1. The van der Waals surface area contributed by atoms with Crippen LogP contribution < -0.4 is 0 Å². The highest BCUT2D eigenvalue weighted by molar-refractivity contribution is 5.09. The first-order chi connectivity index (χ1) is 13.0. The molecule has 0 spiro atoms. The maximum absolute atomic E-state index is 10.3. The van der Waals surface area contributed by atoms with Gasteiger partial charge in [-0.2, -0.15) is 0 Å². The Kier molecular flexibility index (Phi) is 5.51. The molecule has 4 saturated carbocycles. The van der Waals surface area contributed by atoms with Crippen LogP contribution in [0.1, 0.15) is 112 Å². The van der Waals surface area contributed by atoms with Crippen LogP contribution in [0.15, 0.2) is 0 Å². The van der Waals surface area contributed by atoms with E-state index in [-0.39, 0.29) is 6.10 Å². The van der Waals surface area contributed by atoms with E-state index < -0.39 is 0 Å². The van der Waals surface area contributed by atoms with Crippen molar-refractivity contribution >= 4 is 0 Å². The second-order valence-corrected chi connectivity index (χ2v) is 13.4. The Hall–Kier alpha value is -0.0400. The van der Waals surface area contributed by atoms with Crippen molar-refractivity contribution in [3.05, 3.63) is 0 Å². The van der Waals surface area contributed by atoms with Crippen molar-refractivity contribution < 1.29 is 5.11 Å². The summed E-state index contributed by atoms with van der Waals surface area (Å²) in [7, 11) is 0. The van der Waals surface area contributed by atoms with E-state index in [1.165, 1.54) is 57.8 Å². The molecule has 4 aliphatic carbocycles. The third kappa shape index (κ3) is 3.50. The van der Waals surface area contributed by atoms with E-state index in [0.717, 1.165) is 48.3 Å². The third-order valence-electron chi connectivity index (χ3n) is 10.7. The Balaban J connectivity index is 1.49. The summed E-state index contributed by atoms with van der Waals surface area (Å²) in [4.78, 5) is 0. The predicted molar refractivity (Wildman–Crippen MR) is 119 cm³/mol. The van der Waals surface area contributed by atoms with Crippen LogP contribution in [0.3, 0.4) is 0 Å². The van der Waals surface area contributed by atoms with Crippen LogP contribution in [0.5, 0.6) is 0 Å². The lowest BCUT2D eigenvalue weighted by molar-refractivity contribution is -0.129. The van der Waals surface area contributed by atoms with Gasteiger partial charge in [-0.1, -0.05) is 41.5 Å². The van der Waals surface area contributed by atoms with E-state index in [1.54, 1.807) is 0 Å². The van der Waals surface area contributed by atoms with Gasteiger partial charge < -0.3 is 5.11 Å². The van der Waals surface area contributed by atoms with E-state index in [1.807, 2.05) is 0 Å². The lowest BCUT2D eigenvalue weighted by atomic mass is 9.44. The van der Waals surface area contributed by atoms with E-state index >= 15 is 0 Å². The lowest BCUT2D eigenvalue weighted by Crippen LogP contribution is -2.54. The summed E-state index contributed by atoms with van der Waals surface area (Å²) >= 11 is 0. The molecule has 1 N–H and O–H groups in total. The normalized spacial score (nSPS) is 49.8. The molecule has 1 heteroatoms. The second kappa shape index (κ2) is 7.28. The monoisotopic (exact) mass is 388 g/mol. The lowest BCUT2D eigenvalue weighted by Gasteiger charge is -2.61. The Bertz CT molecular complexity index is 561. The van der Waals surface area contributed by atoms with Crippen LogP contribution in [0.25, 0.3) is 0 Å². The molecule has 0 aromatic carbocycles. The standard InChI is InChI=1S/C27H48O/c1-18(11-14-25(2,3)4)22-9-10-23-21-8-7-19-17-20(28)12-15-26(19,5)24(21)13-16-27(22,23)6/h18-24,28H,7-17H2,1-6H3/t18-,19?,20-,21+,22-,23+,24+,26+,27-/m1/s1. The first-order valence-corrected chi connectivity index (χ1v) is 12.7. The molecular weight excluding hydrogens is 340 g/mol. The van der Waals surface area contributed by atoms with Gasteiger partial charge >= 0.3 is 0 Å². The van der Waals surface area contributed by atoms with Crippen molar-refractivity contribution in [1.29, 1.82) is 0 Å². The molecule has 0 saturated heterocycles. The van der Waals surface area contributed by atoms with Crippen molar-refractivity contribution in [2.75, 3.05) is 0 Å². The van der Waals surface area contributed by atoms with Gasteiger partial charge in [-0.25, -0.2) is 0 Å². The predicted octanol–water partition coefficient (Wildman–Crippen LogP) is 7.47. The summed E-state index contributed by atoms with van der Waals surface area (Å²) in [5.74, 6) is 5.56. The minimum Gasteiger partial charge on any atom is -0.393 e. The summed E-state index contributed by atoms with van der Waals surface area (Å²) in [6, 6.07) is 0. The highest BCUT2D eigenvalue weighted by Gasteiger charge is 2.60. The molecule has 28 heavy (non-hydrogen) atoms. The third-order valence-corrected chi connectivity index (χ3v) is 10.7. The molecule has 0 radical (unpaired) electrons. The van der Waals surface area contributed by atoms with Crippen LogP contribution in [-0.2, 0) is 0 Å². The minimum absolute atomic E-state index is 0.0111. The fraction of sp³-hybridized carbons (Fsp3) is 1.00. The molecule has 0 amide bonds. The van der Waals surface area contributed by atoms with Crippen LogP contribution in [0.4, 0.5) is 0 Å². The molecular formula is C27H48O. The van der Waals surface area contributed by atoms with Crippen LogP contribution in [0.2, 0.25) is 0 Å². The van der Waals surface area contributed by atoms with Crippen molar-refractivity contribution in [2.24, 2.45) is 51.8 Å². The van der Waals surface area contributed by atoms with Gasteiger partial charge in [0.25, 0.3) is 0 Å². The molecule has 0 heterocycles. The smallest absolute Gasteiger partial charge is 0.0543 e. The van der Waals surface area contributed by atoms with Crippen LogP contribution in [0, 0.1) is 51.8 Å². The average Bonchev–Trinajstić information content (AvgIpc) is 2.97. The van der Waals surface area contributed by atoms with Gasteiger partial charge in [-0.3, -0.25) is 0 Å². The summed E-state index contributed by atoms with van der Waals surface area (Å²) in [5, 5.41) is 10.3. The fourth-order valence-electron chi connectivity index (χ4n) is 9.07. The van der Waals surface area contributed by atoms with Gasteiger partial charge in [-0.05, 0) is 122 Å². The van der Waals surface area contributed by atoms with Crippen molar-refractivity contribution in [3.63, 3.8) is 0 Å². The molecule has 0 aromatic heterocycles. The Morgan fingerprint density at radius 1 is 0.893 bits per heavy atom. The molecule has 0 aromatic rings. The summed E-state index contributed by atoms with van der Waals surface area (Å²) in [5.41, 5.74) is 1.61. The van der Waals surface area contributed by atoms with Gasteiger partial charge in [0.1, 0.15) is 0 Å². The summed E-state index contributed by atoms with van der Waals surface area (Å²) < 4.78 is 0. The zero-order valence-corrected chi connectivity index (χ0v) is 19.8. The highest BCUT2D eigenvalue weighted by atomic mass is 16.3. The number of fused-ring (bicyclic) bond motifs is 5. The molecule has 1 nitrogen and oxygen atoms in total. The number of rotatable bonds is 3. The highest BCUT2D eigenvalue weighted by Crippen LogP contribution is 2.68. The largest absolute Gasteiger partial charge is 0.393 e. The Labute approximate surface area is 175 Å². The zero-order chi connectivity index (χ0) is 20.3. The van der Waals surface area contributed by atoms with Gasteiger partial charge in [0, 0.05) is 0 Å². The number of hydrogen-bond acceptors (Lipinski definition) is 1. The van der Waals surface area contributed by atoms with E-state index in [9.17, 15) is 5.11 Å². The van der Waals surface area contributed by atoms with Crippen molar-refractivity contribution in [1.82, 2.24) is 0 Å². The number of aliphatic hydroxyl groups excluding tert-OH is 1. The van der Waals surface area contributed by atoms with E-state index in [0.29, 0.717) is 16.2 Å². The molecule has 4 aliphatic rings. The van der Waals surface area contributed by atoms with Gasteiger partial charge in [0.15, 0.2) is 0 Å². The van der Waals surface area contributed by atoms with Crippen LogP contribution in [-0.4, -0.2) is 11.2 Å². The zero-order valence-electron chi connectivity index (χ0n) is 19.8. The minimum atomic E-state index is -0.0111. The van der Waals surface area contributed by atoms with Gasteiger partial charge in [0.05, 0.1) is 6.10 Å². The molecule has 162 valence electrons. The summed E-state index contributed by atoms with van der Waals surface area (Å²) in [6.45, 7) is 15.1. The molecule has 4 fully saturated rings. The summed E-state index contributed by atoms with van der Waals surface area (Å²) in [6.07, 6.45) is 15.0. The van der Waals surface area contributed by atoms with Crippen LogP contribution >= 0.6 is 0 Å². The molecule has 4 rings (SSSR count).